The number of hydrogen-bond acceptors (Lipinski definition) is 2. The smallest absolute Gasteiger partial charge is 0.324 e. The third-order valence-corrected chi connectivity index (χ3v) is 2.20. The van der Waals surface area contributed by atoms with E-state index in [9.17, 15) is 9.59 Å². The molecule has 0 atom stereocenters. The highest BCUT2D eigenvalue weighted by atomic mass is 16.2. The van der Waals surface area contributed by atoms with Crippen molar-refractivity contribution in [3.63, 3.8) is 0 Å². The Kier molecular flexibility index (Phi) is 2.59. The summed E-state index contributed by atoms with van der Waals surface area (Å²) in [6.45, 7) is 6.58. The Morgan fingerprint density at radius 3 is 2.62 bits per heavy atom. The molecule has 1 fully saturated rings. The van der Waals surface area contributed by atoms with Gasteiger partial charge >= 0.3 is 6.03 Å². The second kappa shape index (κ2) is 3.36. The van der Waals surface area contributed by atoms with Gasteiger partial charge in [0.2, 0.25) is 5.91 Å². The van der Waals surface area contributed by atoms with Gasteiger partial charge in [-0.2, -0.15) is 0 Å². The number of imide groups is 1. The van der Waals surface area contributed by atoms with Crippen LogP contribution in [0.25, 0.3) is 0 Å². The first kappa shape index (κ1) is 10.0. The van der Waals surface area contributed by atoms with Gasteiger partial charge in [-0.1, -0.05) is 6.92 Å². The molecule has 1 aliphatic heterocycles. The summed E-state index contributed by atoms with van der Waals surface area (Å²) in [7, 11) is 0. The summed E-state index contributed by atoms with van der Waals surface area (Å²) in [5.74, 6) is -0.0712. The van der Waals surface area contributed by atoms with E-state index in [2.05, 4.69) is 5.32 Å². The van der Waals surface area contributed by atoms with Gasteiger partial charge in [-0.05, 0) is 20.3 Å². The maximum atomic E-state index is 11.7. The van der Waals surface area contributed by atoms with Gasteiger partial charge in [0, 0.05) is 13.1 Å². The number of nitrogens with zero attached hydrogens (tertiary/aromatic N) is 1. The number of carbonyl (C=O) groups is 2. The van der Waals surface area contributed by atoms with E-state index in [0.717, 1.165) is 6.42 Å². The Balaban J connectivity index is 2.79. The molecule has 0 aliphatic carbocycles. The van der Waals surface area contributed by atoms with Crippen LogP contribution in [0.3, 0.4) is 0 Å². The molecule has 1 heterocycles. The van der Waals surface area contributed by atoms with Crippen LogP contribution in [-0.2, 0) is 4.79 Å². The fraction of sp³-hybridized carbons (Fsp3) is 0.778. The van der Waals surface area contributed by atoms with Crippen LogP contribution in [0.1, 0.15) is 27.2 Å². The lowest BCUT2D eigenvalue weighted by atomic mass is 9.90. The molecule has 0 unspecified atom stereocenters. The second-order valence-electron chi connectivity index (χ2n) is 4.00. The Bertz CT molecular complexity index is 236. The Hall–Kier alpha value is -1.06. The van der Waals surface area contributed by atoms with Crippen molar-refractivity contribution in [2.24, 2.45) is 5.41 Å². The van der Waals surface area contributed by atoms with Gasteiger partial charge in [0.1, 0.15) is 0 Å². The van der Waals surface area contributed by atoms with Crippen LogP contribution in [0.15, 0.2) is 0 Å². The van der Waals surface area contributed by atoms with E-state index in [-0.39, 0.29) is 11.9 Å². The number of hydrogen-bond donors (Lipinski definition) is 1. The van der Waals surface area contributed by atoms with E-state index in [1.165, 1.54) is 4.90 Å². The van der Waals surface area contributed by atoms with Crippen LogP contribution in [-0.4, -0.2) is 29.9 Å². The second-order valence-corrected chi connectivity index (χ2v) is 4.00. The number of rotatable bonds is 2. The molecule has 1 rings (SSSR count). The van der Waals surface area contributed by atoms with Gasteiger partial charge in [0.25, 0.3) is 0 Å². The Morgan fingerprint density at radius 1 is 1.46 bits per heavy atom. The molecule has 4 heteroatoms. The van der Waals surface area contributed by atoms with E-state index in [1.54, 1.807) is 0 Å². The van der Waals surface area contributed by atoms with Gasteiger partial charge in [-0.25, -0.2) is 4.79 Å². The highest BCUT2D eigenvalue weighted by Crippen LogP contribution is 2.21. The van der Waals surface area contributed by atoms with Crippen LogP contribution < -0.4 is 5.32 Å². The molecule has 0 radical (unpaired) electrons. The van der Waals surface area contributed by atoms with Crippen molar-refractivity contribution in [2.75, 3.05) is 13.1 Å². The molecule has 1 saturated heterocycles. The molecule has 1 N–H and O–H groups in total. The molecule has 74 valence electrons. The van der Waals surface area contributed by atoms with Gasteiger partial charge in [-0.15, -0.1) is 0 Å². The van der Waals surface area contributed by atoms with Crippen LogP contribution >= 0.6 is 0 Å². The maximum absolute atomic E-state index is 11.7. The summed E-state index contributed by atoms with van der Waals surface area (Å²) < 4.78 is 0. The molecule has 0 aromatic heterocycles. The molecule has 0 aromatic carbocycles. The predicted molar refractivity (Wildman–Crippen MR) is 49.2 cm³/mol. The number of urea groups is 1. The minimum atomic E-state index is -0.455. The quantitative estimate of drug-likeness (QED) is 0.695. The summed E-state index contributed by atoms with van der Waals surface area (Å²) in [5.41, 5.74) is -0.455. The van der Waals surface area contributed by atoms with Crippen LogP contribution in [0.5, 0.6) is 0 Å². The normalized spacial score (nSPS) is 21.6. The van der Waals surface area contributed by atoms with Crippen molar-refractivity contribution < 1.29 is 9.59 Å². The van der Waals surface area contributed by atoms with Crippen molar-refractivity contribution in [3.8, 4) is 0 Å². The molecule has 0 aromatic rings. The minimum Gasteiger partial charge on any atom is -0.337 e. The van der Waals surface area contributed by atoms with Gasteiger partial charge in [-0.3, -0.25) is 9.69 Å². The lowest BCUT2D eigenvalue weighted by molar-refractivity contribution is -0.138. The number of nitrogens with one attached hydrogen (secondary N) is 1. The zero-order valence-electron chi connectivity index (χ0n) is 8.39. The predicted octanol–water partition coefficient (Wildman–Crippen LogP) is 0.974. The first-order valence-corrected chi connectivity index (χ1v) is 4.59. The molecular weight excluding hydrogens is 168 g/mol. The highest BCUT2D eigenvalue weighted by Gasteiger charge is 2.39. The summed E-state index contributed by atoms with van der Waals surface area (Å²) in [5, 5.41) is 2.70. The van der Waals surface area contributed by atoms with Crippen LogP contribution in [0.2, 0.25) is 0 Å². The lowest BCUT2D eigenvalue weighted by Gasteiger charge is -2.35. The Labute approximate surface area is 78.3 Å². The van der Waals surface area contributed by atoms with E-state index in [4.69, 9.17) is 0 Å². The van der Waals surface area contributed by atoms with Crippen molar-refractivity contribution in [3.05, 3.63) is 0 Å². The first-order valence-electron chi connectivity index (χ1n) is 4.59. The summed E-state index contributed by atoms with van der Waals surface area (Å²) in [6, 6.07) is -0.258. The summed E-state index contributed by atoms with van der Waals surface area (Å²) in [4.78, 5) is 24.3. The Morgan fingerprint density at radius 2 is 2.08 bits per heavy atom. The molecule has 0 bridgehead atoms. The maximum Gasteiger partial charge on any atom is 0.324 e. The average molecular weight is 184 g/mol. The number of carbonyl (C=O) groups excluding carboxylic acids is 2. The fourth-order valence-corrected chi connectivity index (χ4v) is 1.35. The SMILES string of the molecule is CCCN1C(=O)NCC(C)(C)C1=O. The minimum absolute atomic E-state index is 0.0712. The van der Waals surface area contributed by atoms with Crippen LogP contribution in [0, 0.1) is 5.41 Å². The molecular formula is C9H16N2O2. The van der Waals surface area contributed by atoms with Gasteiger partial charge < -0.3 is 5.32 Å². The van der Waals surface area contributed by atoms with E-state index >= 15 is 0 Å². The molecule has 1 aliphatic rings. The molecule has 4 nitrogen and oxygen atoms in total. The van der Waals surface area contributed by atoms with Crippen LogP contribution in [0.4, 0.5) is 4.79 Å². The van der Waals surface area contributed by atoms with Crippen molar-refractivity contribution in [1.29, 1.82) is 0 Å². The lowest BCUT2D eigenvalue weighted by Crippen LogP contribution is -2.58. The monoisotopic (exact) mass is 184 g/mol. The van der Waals surface area contributed by atoms with E-state index in [0.29, 0.717) is 13.1 Å². The zero-order chi connectivity index (χ0) is 10.1. The molecule has 13 heavy (non-hydrogen) atoms. The molecule has 3 amide bonds. The highest BCUT2D eigenvalue weighted by molar-refractivity contribution is 5.99. The third-order valence-electron chi connectivity index (χ3n) is 2.20. The third kappa shape index (κ3) is 1.82. The topological polar surface area (TPSA) is 49.4 Å². The van der Waals surface area contributed by atoms with Crippen molar-refractivity contribution in [1.82, 2.24) is 10.2 Å². The van der Waals surface area contributed by atoms with Crippen molar-refractivity contribution in [2.45, 2.75) is 27.2 Å². The first-order chi connectivity index (χ1) is 5.99. The van der Waals surface area contributed by atoms with E-state index < -0.39 is 5.41 Å². The van der Waals surface area contributed by atoms with Gasteiger partial charge in [0.15, 0.2) is 0 Å². The molecule has 0 spiro atoms. The number of amides is 3. The van der Waals surface area contributed by atoms with Gasteiger partial charge in [0.05, 0.1) is 5.41 Å². The summed E-state index contributed by atoms with van der Waals surface area (Å²) in [6.07, 6.45) is 0.801. The fourth-order valence-electron chi connectivity index (χ4n) is 1.35. The molecule has 0 saturated carbocycles. The summed E-state index contributed by atoms with van der Waals surface area (Å²) >= 11 is 0. The zero-order valence-corrected chi connectivity index (χ0v) is 8.39. The standard InChI is InChI=1S/C9H16N2O2/c1-4-5-11-7(12)9(2,3)6-10-8(11)13/h4-6H2,1-3H3,(H,10,13). The van der Waals surface area contributed by atoms with Crippen molar-refractivity contribution >= 4 is 11.9 Å². The van der Waals surface area contributed by atoms with E-state index in [1.807, 2.05) is 20.8 Å². The average Bonchev–Trinajstić information content (AvgIpc) is 2.07. The largest absolute Gasteiger partial charge is 0.337 e.